The number of carboxylic acid groups (broad SMARTS) is 1. The number of rotatable bonds is 46. The Morgan fingerprint density at radius 3 is 1.65 bits per heavy atom. The van der Waals surface area contributed by atoms with Crippen LogP contribution in [0.25, 0.3) is 0 Å². The molecule has 3 fully saturated rings. The molecule has 4 unspecified atom stereocenters. The van der Waals surface area contributed by atoms with Crippen molar-refractivity contribution >= 4 is 41.0 Å². The summed E-state index contributed by atoms with van der Waals surface area (Å²) in [4.78, 5) is 37.9. The first kappa shape index (κ1) is 76.3. The van der Waals surface area contributed by atoms with Crippen molar-refractivity contribution in [3.63, 3.8) is 0 Å². The first-order valence-electron chi connectivity index (χ1n) is 31.3. The van der Waals surface area contributed by atoms with Gasteiger partial charge in [-0.3, -0.25) is 4.79 Å². The minimum absolute atomic E-state index is 0.131. The van der Waals surface area contributed by atoms with Gasteiger partial charge in [0.05, 0.1) is 44.6 Å². The molecule has 0 aromatic rings. The molecule has 3 saturated heterocycles. The first-order chi connectivity index (χ1) is 40.3. The van der Waals surface area contributed by atoms with E-state index in [0.29, 0.717) is 12.8 Å². The van der Waals surface area contributed by atoms with E-state index in [1.54, 1.807) is 6.08 Å². The van der Waals surface area contributed by atoms with Crippen molar-refractivity contribution in [3.05, 3.63) is 12.2 Å². The Morgan fingerprint density at radius 1 is 0.667 bits per heavy atom. The van der Waals surface area contributed by atoms with E-state index in [4.69, 9.17) is 62.1 Å². The van der Waals surface area contributed by atoms with Crippen LogP contribution >= 0.6 is 23.2 Å². The number of nitrogens with two attached hydrogens (primary N) is 1. The van der Waals surface area contributed by atoms with Gasteiger partial charge in [0.1, 0.15) is 73.2 Å². The highest BCUT2D eigenvalue weighted by Gasteiger charge is 2.59. The number of hydrogen-bond donors (Lipinski definition) is 13. The maximum atomic E-state index is 13.7. The molecule has 3 heterocycles. The van der Waals surface area contributed by atoms with Crippen molar-refractivity contribution < 1.29 is 104 Å². The summed E-state index contributed by atoms with van der Waals surface area (Å²) in [5.74, 6) is -6.37. The van der Waals surface area contributed by atoms with E-state index in [1.165, 1.54) is 109 Å². The highest BCUT2D eigenvalue weighted by molar-refractivity contribution is 6.52. The van der Waals surface area contributed by atoms with Crippen molar-refractivity contribution in [3.8, 4) is 0 Å². The van der Waals surface area contributed by atoms with Gasteiger partial charge in [0.15, 0.2) is 12.6 Å². The zero-order valence-electron chi connectivity index (χ0n) is 49.7. The average molecular weight is 1250 g/mol. The number of alkyl halides is 2. The molecule has 23 nitrogen and oxygen atoms in total. The fraction of sp³-hybridized carbons (Fsp3) is 0.915. The number of halogens is 2. The lowest BCUT2D eigenvalue weighted by Crippen LogP contribution is -2.70. The van der Waals surface area contributed by atoms with Crippen LogP contribution in [-0.2, 0) is 47.5 Å². The number of aliphatic hydroxyl groups is 10. The third-order valence-corrected chi connectivity index (χ3v) is 16.4. The monoisotopic (exact) mass is 1250 g/mol. The molecule has 0 saturated carbocycles. The molecule has 3 rings (SSSR count). The van der Waals surface area contributed by atoms with Gasteiger partial charge in [-0.15, -0.1) is 0 Å². The fourth-order valence-electron chi connectivity index (χ4n) is 10.9. The minimum Gasteiger partial charge on any atom is -0.477 e. The molecule has 0 aliphatic carbocycles. The molecule has 18 atom stereocenters. The van der Waals surface area contributed by atoms with E-state index in [9.17, 15) is 70.6 Å². The molecule has 3 aliphatic rings. The third kappa shape index (κ3) is 26.2. The Balaban J connectivity index is 1.75. The highest BCUT2D eigenvalue weighted by Crippen LogP contribution is 2.38. The predicted octanol–water partition coefficient (Wildman–Crippen LogP) is 4.34. The number of unbranched alkanes of at least 4 members (excludes halogenated alkanes) is 25. The van der Waals surface area contributed by atoms with Crippen LogP contribution in [0.4, 0.5) is 0 Å². The Hall–Kier alpha value is -1.95. The van der Waals surface area contributed by atoms with Crippen molar-refractivity contribution in [2.75, 3.05) is 26.4 Å². The van der Waals surface area contributed by atoms with Crippen molar-refractivity contribution in [1.82, 2.24) is 5.32 Å². The van der Waals surface area contributed by atoms with Crippen molar-refractivity contribution in [1.29, 1.82) is 0 Å². The van der Waals surface area contributed by atoms with E-state index in [2.05, 4.69) is 19.2 Å². The maximum absolute atomic E-state index is 13.7. The van der Waals surface area contributed by atoms with Gasteiger partial charge in [-0.25, -0.2) is 9.59 Å². The lowest BCUT2D eigenvalue weighted by molar-refractivity contribution is -0.386. The molecule has 84 heavy (non-hydrogen) atoms. The maximum Gasteiger partial charge on any atom is 0.364 e. The second-order valence-corrected chi connectivity index (χ2v) is 24.1. The number of carboxylic acids is 1. The van der Waals surface area contributed by atoms with E-state index in [0.717, 1.165) is 51.4 Å². The molecule has 14 N–H and O–H groups in total. The van der Waals surface area contributed by atoms with Crippen LogP contribution in [0.3, 0.4) is 0 Å². The smallest absolute Gasteiger partial charge is 0.364 e. The molecule has 1 amide bonds. The van der Waals surface area contributed by atoms with Crippen LogP contribution in [0.15, 0.2) is 12.2 Å². The van der Waals surface area contributed by atoms with Crippen LogP contribution in [-0.4, -0.2) is 215 Å². The molecular formula is C59H106Cl2N2O21. The van der Waals surface area contributed by atoms with Crippen molar-refractivity contribution in [2.45, 2.75) is 315 Å². The van der Waals surface area contributed by atoms with E-state index in [1.807, 2.05) is 6.08 Å². The molecule has 0 spiro atoms. The van der Waals surface area contributed by atoms with Gasteiger partial charge in [0, 0.05) is 12.8 Å². The van der Waals surface area contributed by atoms with Crippen LogP contribution in [0.5, 0.6) is 0 Å². The number of carbonyl (C=O) groups is 3. The molecule has 3 aliphatic heterocycles. The number of amides is 1. The summed E-state index contributed by atoms with van der Waals surface area (Å²) in [6, 6.07) is -2.68. The Morgan fingerprint density at radius 2 is 1.17 bits per heavy atom. The molecule has 25 heteroatoms. The average Bonchev–Trinajstić information content (AvgIpc) is 1.70. The number of allylic oxidation sites excluding steroid dienone is 1. The number of nitrogens with one attached hydrogen (secondary N) is 1. The van der Waals surface area contributed by atoms with Gasteiger partial charge in [0.25, 0.3) is 5.79 Å². The SMILES string of the molecule is CCCCCCCCCCCCC/C=C/C(OC(=O)C(Cl)Cl)C(CO[C@@H]1O[C@H](CO)[C@@H](O[C@@H]2O[C@H](CO)[C@H](O)[C@H](O[C@]3(C(=O)O)C[C@@H](O)[C@H](N)[C@@H](C(O)C(O)CO)O3)[C@H]2O)[C@H](O)[C@H]1O)NC(=O)CCCCCCCCCCCCCCCCC. The number of esters is 1. The van der Waals surface area contributed by atoms with Gasteiger partial charge < -0.3 is 100 Å². The number of aliphatic hydroxyl groups excluding tert-OH is 10. The molecule has 0 radical (unpaired) electrons. The highest BCUT2D eigenvalue weighted by atomic mass is 35.5. The van der Waals surface area contributed by atoms with Crippen molar-refractivity contribution in [2.24, 2.45) is 5.73 Å². The zero-order valence-corrected chi connectivity index (χ0v) is 51.2. The fourth-order valence-corrected chi connectivity index (χ4v) is 11.0. The van der Waals surface area contributed by atoms with Crippen LogP contribution in [0, 0.1) is 0 Å². The topological polar surface area (TPSA) is 376 Å². The Kier molecular flexibility index (Phi) is 39.0. The lowest BCUT2D eigenvalue weighted by atomic mass is 9.88. The molecule has 492 valence electrons. The van der Waals surface area contributed by atoms with E-state index < -0.39 is 159 Å². The normalized spacial score (nSPS) is 29.9. The standard InChI is InChI=1S/C59H106Cl2N2O21/c1-3-5-7-9-11-13-15-17-18-20-22-24-26-28-30-32-44(69)63-38(41(79-55(75)54(60)61)31-29-27-25-23-21-19-16-14-12-10-8-6-4-2)37-78-56-49(73)48(72)51(43(36-66)81-56)82-57-50(74)53(47(71)42(35-65)80-57)84-59(58(76)77)33-39(67)45(62)52(83-59)46(70)40(68)34-64/h29,31,38-43,45-54,56-57,64-68,70-74H,3-28,30,32-37,62H2,1-2H3,(H,63,69)(H,76,77)/b31-29+/t38?,39-,40?,41?,42-,43-,45+,46?,47+,48-,49-,50-,51-,52+,53+,56-,57+,59+/m1/s1. The van der Waals surface area contributed by atoms with Gasteiger partial charge >= 0.3 is 11.9 Å². The summed E-state index contributed by atoms with van der Waals surface area (Å²) >= 11 is 11.9. The number of carbonyl (C=O) groups excluding carboxylic acids is 2. The summed E-state index contributed by atoms with van der Waals surface area (Å²) in [6.45, 7) is 0.954. The first-order valence-corrected chi connectivity index (χ1v) is 32.1. The van der Waals surface area contributed by atoms with Crippen LogP contribution in [0.1, 0.15) is 200 Å². The van der Waals surface area contributed by atoms with E-state index >= 15 is 0 Å². The number of aliphatic carboxylic acids is 1. The second-order valence-electron chi connectivity index (χ2n) is 23.0. The molecular weight excluding hydrogens is 1140 g/mol. The Labute approximate surface area is 507 Å². The third-order valence-electron chi connectivity index (χ3n) is 16.1. The Bertz CT molecular complexity index is 1800. The largest absolute Gasteiger partial charge is 0.477 e. The summed E-state index contributed by atoms with van der Waals surface area (Å²) in [5.41, 5.74) is 5.98. The molecule has 0 aromatic heterocycles. The molecule has 0 bridgehead atoms. The van der Waals surface area contributed by atoms with Gasteiger partial charge in [-0.05, 0) is 25.3 Å². The van der Waals surface area contributed by atoms with Crippen LogP contribution in [0.2, 0.25) is 0 Å². The van der Waals surface area contributed by atoms with E-state index in [-0.39, 0.29) is 12.3 Å². The number of hydrogen-bond acceptors (Lipinski definition) is 21. The quantitative estimate of drug-likeness (QED) is 0.0174. The zero-order chi connectivity index (χ0) is 62.0. The number of ether oxygens (including phenoxy) is 7. The minimum atomic E-state index is -3.02. The van der Waals surface area contributed by atoms with Gasteiger partial charge in [-0.2, -0.15) is 0 Å². The lowest BCUT2D eigenvalue weighted by Gasteiger charge is -2.50. The van der Waals surface area contributed by atoms with Crippen LogP contribution < -0.4 is 11.1 Å². The summed E-state index contributed by atoms with van der Waals surface area (Å²) in [6.07, 6.45) is 4.78. The van der Waals surface area contributed by atoms with Gasteiger partial charge in [-0.1, -0.05) is 197 Å². The molecule has 0 aromatic carbocycles. The summed E-state index contributed by atoms with van der Waals surface area (Å²) < 4.78 is 40.4. The summed E-state index contributed by atoms with van der Waals surface area (Å²) in [5, 5.41) is 121. The second kappa shape index (κ2) is 42.9. The predicted molar refractivity (Wildman–Crippen MR) is 311 cm³/mol. The van der Waals surface area contributed by atoms with Gasteiger partial charge in [0.2, 0.25) is 10.7 Å². The summed E-state index contributed by atoms with van der Waals surface area (Å²) in [7, 11) is 0.